The first-order chi connectivity index (χ1) is 10.9. The summed E-state index contributed by atoms with van der Waals surface area (Å²) in [5.74, 6) is -1.72. The lowest BCUT2D eigenvalue weighted by Gasteiger charge is -2.14. The highest BCUT2D eigenvalue weighted by Crippen LogP contribution is 2.06. The predicted octanol–water partition coefficient (Wildman–Crippen LogP) is -0.0391. The highest BCUT2D eigenvalue weighted by molar-refractivity contribution is 7.89. The van der Waals surface area contributed by atoms with Crippen molar-refractivity contribution in [1.29, 1.82) is 0 Å². The zero-order valence-electron chi connectivity index (χ0n) is 12.7. The van der Waals surface area contributed by atoms with Crippen LogP contribution in [0.15, 0.2) is 35.2 Å². The third kappa shape index (κ3) is 6.76. The molecule has 0 fully saturated rings. The molecule has 0 saturated heterocycles. The maximum absolute atomic E-state index is 11.9. The van der Waals surface area contributed by atoms with E-state index in [0.717, 1.165) is 0 Å². The second-order valence-corrected chi connectivity index (χ2v) is 6.47. The number of carboxylic acid groups (broad SMARTS) is 1. The van der Waals surface area contributed by atoms with Gasteiger partial charge in [-0.1, -0.05) is 18.2 Å². The Morgan fingerprint density at radius 3 is 2.48 bits per heavy atom. The number of methoxy groups -OCH3 is 1. The molecule has 0 radical (unpaired) electrons. The molecule has 0 heterocycles. The third-order valence-corrected chi connectivity index (χ3v) is 4.42. The van der Waals surface area contributed by atoms with Crippen LogP contribution in [0.1, 0.15) is 12.8 Å². The van der Waals surface area contributed by atoms with E-state index in [1.807, 2.05) is 0 Å². The first-order valence-electron chi connectivity index (χ1n) is 6.92. The molecule has 1 amide bonds. The van der Waals surface area contributed by atoms with Crippen molar-refractivity contribution in [2.45, 2.75) is 23.8 Å². The molecule has 0 spiro atoms. The minimum atomic E-state index is -3.68. The number of carbonyl (C=O) groups excluding carboxylic acids is 1. The predicted molar refractivity (Wildman–Crippen MR) is 82.3 cm³/mol. The summed E-state index contributed by atoms with van der Waals surface area (Å²) in [5, 5.41) is 11.3. The quantitative estimate of drug-likeness (QED) is 0.547. The van der Waals surface area contributed by atoms with E-state index >= 15 is 0 Å². The maximum atomic E-state index is 11.9. The molecule has 1 atom stereocenters. The Kier molecular flexibility index (Phi) is 7.66. The first-order valence-corrected chi connectivity index (χ1v) is 8.41. The fourth-order valence-electron chi connectivity index (χ4n) is 1.74. The van der Waals surface area contributed by atoms with Gasteiger partial charge in [0.1, 0.15) is 6.04 Å². The lowest BCUT2D eigenvalue weighted by molar-refractivity contribution is -0.142. The average molecular weight is 344 g/mol. The van der Waals surface area contributed by atoms with Crippen molar-refractivity contribution in [2.75, 3.05) is 20.3 Å². The van der Waals surface area contributed by atoms with E-state index in [2.05, 4.69) is 10.0 Å². The van der Waals surface area contributed by atoms with Crippen LogP contribution < -0.4 is 10.0 Å². The van der Waals surface area contributed by atoms with Crippen LogP contribution in [0.4, 0.5) is 0 Å². The SMILES string of the molecule is COCCC(NC(=O)CCNS(=O)(=O)c1ccccc1)C(=O)O. The summed E-state index contributed by atoms with van der Waals surface area (Å²) in [5.41, 5.74) is 0. The molecule has 0 bridgehead atoms. The number of rotatable bonds is 10. The summed E-state index contributed by atoms with van der Waals surface area (Å²) in [6, 6.07) is 6.69. The van der Waals surface area contributed by atoms with Gasteiger partial charge in [0.2, 0.25) is 15.9 Å². The van der Waals surface area contributed by atoms with Crippen LogP contribution in [-0.4, -0.2) is 51.7 Å². The molecule has 1 aromatic carbocycles. The van der Waals surface area contributed by atoms with E-state index in [1.165, 1.54) is 19.2 Å². The molecule has 23 heavy (non-hydrogen) atoms. The Hall–Kier alpha value is -1.97. The molecule has 0 aliphatic heterocycles. The summed E-state index contributed by atoms with van der Waals surface area (Å²) in [6.45, 7) is 0.0670. The number of hydrogen-bond donors (Lipinski definition) is 3. The number of hydrogen-bond acceptors (Lipinski definition) is 5. The Bertz CT molecular complexity index is 617. The largest absolute Gasteiger partial charge is 0.480 e. The number of amides is 1. The minimum Gasteiger partial charge on any atom is -0.480 e. The van der Waals surface area contributed by atoms with Crippen molar-refractivity contribution in [3.8, 4) is 0 Å². The van der Waals surface area contributed by atoms with E-state index in [1.54, 1.807) is 18.2 Å². The molecule has 0 aromatic heterocycles. The molecule has 3 N–H and O–H groups in total. The van der Waals surface area contributed by atoms with E-state index in [-0.39, 0.29) is 30.9 Å². The van der Waals surface area contributed by atoms with Crippen LogP contribution in [0.5, 0.6) is 0 Å². The number of aliphatic carboxylic acids is 1. The number of ether oxygens (including phenoxy) is 1. The van der Waals surface area contributed by atoms with Crippen molar-refractivity contribution in [3.63, 3.8) is 0 Å². The normalized spacial score (nSPS) is 12.6. The molecule has 1 unspecified atom stereocenters. The number of sulfonamides is 1. The molecule has 8 nitrogen and oxygen atoms in total. The van der Waals surface area contributed by atoms with Crippen molar-refractivity contribution in [1.82, 2.24) is 10.0 Å². The fourth-order valence-corrected chi connectivity index (χ4v) is 2.79. The molecule has 1 aromatic rings. The highest BCUT2D eigenvalue weighted by atomic mass is 32.2. The van der Waals surface area contributed by atoms with Crippen LogP contribution >= 0.6 is 0 Å². The van der Waals surface area contributed by atoms with Gasteiger partial charge < -0.3 is 15.2 Å². The third-order valence-electron chi connectivity index (χ3n) is 2.94. The van der Waals surface area contributed by atoms with Crippen LogP contribution in [0.2, 0.25) is 0 Å². The fraction of sp³-hybridized carbons (Fsp3) is 0.429. The molecular weight excluding hydrogens is 324 g/mol. The van der Waals surface area contributed by atoms with Crippen molar-refractivity contribution >= 4 is 21.9 Å². The van der Waals surface area contributed by atoms with Gasteiger partial charge in [0.15, 0.2) is 0 Å². The maximum Gasteiger partial charge on any atom is 0.326 e. The zero-order chi connectivity index (χ0) is 17.3. The lowest BCUT2D eigenvalue weighted by Crippen LogP contribution is -2.42. The molecule has 0 aliphatic carbocycles. The van der Waals surface area contributed by atoms with Gasteiger partial charge in [0, 0.05) is 33.1 Å². The summed E-state index contributed by atoms with van der Waals surface area (Å²) in [6.07, 6.45) is -0.0316. The summed E-state index contributed by atoms with van der Waals surface area (Å²) >= 11 is 0. The lowest BCUT2D eigenvalue weighted by atomic mass is 10.2. The van der Waals surface area contributed by atoms with Gasteiger partial charge in [-0.15, -0.1) is 0 Å². The van der Waals surface area contributed by atoms with Gasteiger partial charge in [-0.3, -0.25) is 4.79 Å². The van der Waals surface area contributed by atoms with Gasteiger partial charge in [-0.25, -0.2) is 17.9 Å². The number of nitrogens with one attached hydrogen (secondary N) is 2. The highest BCUT2D eigenvalue weighted by Gasteiger charge is 2.20. The molecular formula is C14H20N2O6S. The average Bonchev–Trinajstić information content (AvgIpc) is 2.51. The van der Waals surface area contributed by atoms with Crippen molar-refractivity contribution in [2.24, 2.45) is 0 Å². The van der Waals surface area contributed by atoms with E-state index in [0.29, 0.717) is 0 Å². The smallest absolute Gasteiger partial charge is 0.326 e. The van der Waals surface area contributed by atoms with Gasteiger partial charge in [-0.2, -0.15) is 0 Å². The van der Waals surface area contributed by atoms with E-state index in [4.69, 9.17) is 9.84 Å². The Balaban J connectivity index is 2.45. The number of benzene rings is 1. The summed E-state index contributed by atoms with van der Waals surface area (Å²) in [7, 11) is -2.25. The second kappa shape index (κ2) is 9.23. The van der Waals surface area contributed by atoms with Crippen LogP contribution in [0.25, 0.3) is 0 Å². The van der Waals surface area contributed by atoms with Crippen LogP contribution in [0.3, 0.4) is 0 Å². The van der Waals surface area contributed by atoms with Crippen molar-refractivity contribution in [3.05, 3.63) is 30.3 Å². The molecule has 0 aliphatic rings. The monoisotopic (exact) mass is 344 g/mol. The Morgan fingerprint density at radius 1 is 1.26 bits per heavy atom. The Labute approximate surface area is 134 Å². The summed E-state index contributed by atoms with van der Waals surface area (Å²) < 4.78 is 30.9. The minimum absolute atomic E-state index is 0.101. The molecule has 9 heteroatoms. The topological polar surface area (TPSA) is 122 Å². The molecule has 1 rings (SSSR count). The standard InChI is InChI=1S/C14H20N2O6S/c1-22-10-8-12(14(18)19)16-13(17)7-9-15-23(20,21)11-5-3-2-4-6-11/h2-6,12,15H,7-10H2,1H3,(H,16,17)(H,18,19). The molecule has 0 saturated carbocycles. The van der Waals surface area contributed by atoms with Crippen LogP contribution in [0, 0.1) is 0 Å². The first kappa shape index (κ1) is 19.1. The number of carbonyl (C=O) groups is 2. The second-order valence-electron chi connectivity index (χ2n) is 4.70. The van der Waals surface area contributed by atoms with E-state index < -0.39 is 27.9 Å². The molecule has 128 valence electrons. The van der Waals surface area contributed by atoms with Gasteiger partial charge in [-0.05, 0) is 12.1 Å². The van der Waals surface area contributed by atoms with E-state index in [9.17, 15) is 18.0 Å². The summed E-state index contributed by atoms with van der Waals surface area (Å²) in [4.78, 5) is 22.8. The van der Waals surface area contributed by atoms with Crippen molar-refractivity contribution < 1.29 is 27.9 Å². The van der Waals surface area contributed by atoms with Gasteiger partial charge in [0.05, 0.1) is 4.90 Å². The van der Waals surface area contributed by atoms with Crippen LogP contribution in [-0.2, 0) is 24.3 Å². The van der Waals surface area contributed by atoms with Gasteiger partial charge >= 0.3 is 5.97 Å². The zero-order valence-corrected chi connectivity index (χ0v) is 13.5. The Morgan fingerprint density at radius 2 is 1.91 bits per heavy atom. The van der Waals surface area contributed by atoms with Gasteiger partial charge in [0.25, 0.3) is 0 Å². The number of carboxylic acids is 1.